The number of carboxylic acid groups (broad SMARTS) is 1. The molecule has 0 aliphatic carbocycles. The Balaban J connectivity index is 2.43. The first-order valence-electron chi connectivity index (χ1n) is 4.63. The fraction of sp³-hybridized carbons (Fsp3) is 0. The van der Waals surface area contributed by atoms with Gasteiger partial charge in [-0.15, -0.1) is 0 Å². The lowest BCUT2D eigenvalue weighted by Crippen LogP contribution is -1.94. The van der Waals surface area contributed by atoms with Gasteiger partial charge in [0.15, 0.2) is 16.9 Å². The van der Waals surface area contributed by atoms with Gasteiger partial charge in [0.25, 0.3) is 0 Å². The van der Waals surface area contributed by atoms with Gasteiger partial charge in [0.1, 0.15) is 5.69 Å². The van der Waals surface area contributed by atoms with E-state index < -0.39 is 5.97 Å². The Hall–Kier alpha value is -2.43. The number of aromatic amines is 1. The maximum Gasteiger partial charge on any atom is 0.352 e. The van der Waals surface area contributed by atoms with E-state index in [0.29, 0.717) is 22.1 Å². The fourth-order valence-electron chi connectivity index (χ4n) is 1.77. The van der Waals surface area contributed by atoms with Crippen molar-refractivity contribution in [3.8, 4) is 5.75 Å². The van der Waals surface area contributed by atoms with E-state index in [2.05, 4.69) is 4.98 Å². The normalized spacial score (nSPS) is 11.2. The lowest BCUT2D eigenvalue weighted by molar-refractivity contribution is 0.0691. The van der Waals surface area contributed by atoms with Crippen LogP contribution in [0.15, 0.2) is 28.7 Å². The van der Waals surface area contributed by atoms with E-state index in [9.17, 15) is 9.90 Å². The SMILES string of the molecule is O=C(O)c1cc2oc3c(O)cccc3c2[nH]1. The molecule has 5 heteroatoms. The van der Waals surface area contributed by atoms with Crippen LogP contribution in [0.4, 0.5) is 0 Å². The van der Waals surface area contributed by atoms with Gasteiger partial charge in [0, 0.05) is 11.5 Å². The number of phenols is 1. The standard InChI is InChI=1S/C11H7NO4/c13-7-3-1-2-5-9-8(16-10(5)7)4-6(12-9)11(14)15/h1-4,12-13H,(H,14,15). The number of H-pyrrole nitrogens is 1. The zero-order valence-electron chi connectivity index (χ0n) is 8.02. The molecule has 0 fully saturated rings. The van der Waals surface area contributed by atoms with Crippen LogP contribution >= 0.6 is 0 Å². The molecular weight excluding hydrogens is 210 g/mol. The van der Waals surface area contributed by atoms with Crippen molar-refractivity contribution in [1.29, 1.82) is 0 Å². The fourth-order valence-corrected chi connectivity index (χ4v) is 1.77. The summed E-state index contributed by atoms with van der Waals surface area (Å²) in [5.41, 5.74) is 1.44. The highest BCUT2D eigenvalue weighted by molar-refractivity contribution is 6.07. The van der Waals surface area contributed by atoms with E-state index >= 15 is 0 Å². The van der Waals surface area contributed by atoms with Gasteiger partial charge in [-0.05, 0) is 12.1 Å². The minimum Gasteiger partial charge on any atom is -0.504 e. The summed E-state index contributed by atoms with van der Waals surface area (Å²) in [6.45, 7) is 0. The number of phenolic OH excluding ortho intramolecular Hbond substituents is 1. The number of furan rings is 1. The molecule has 3 rings (SSSR count). The van der Waals surface area contributed by atoms with E-state index in [0.717, 1.165) is 0 Å². The van der Waals surface area contributed by atoms with Crippen LogP contribution in [-0.4, -0.2) is 21.2 Å². The van der Waals surface area contributed by atoms with Crippen LogP contribution in [0.3, 0.4) is 0 Å². The molecule has 0 radical (unpaired) electrons. The first-order chi connectivity index (χ1) is 7.66. The summed E-state index contributed by atoms with van der Waals surface area (Å²) >= 11 is 0. The number of hydrogen-bond acceptors (Lipinski definition) is 3. The summed E-state index contributed by atoms with van der Waals surface area (Å²) in [5, 5.41) is 19.0. The van der Waals surface area contributed by atoms with Crippen molar-refractivity contribution in [2.24, 2.45) is 0 Å². The van der Waals surface area contributed by atoms with Crippen LogP contribution in [0, 0.1) is 0 Å². The van der Waals surface area contributed by atoms with E-state index in [-0.39, 0.29) is 11.4 Å². The molecule has 0 atom stereocenters. The molecule has 80 valence electrons. The molecule has 16 heavy (non-hydrogen) atoms. The number of fused-ring (bicyclic) bond motifs is 3. The highest BCUT2D eigenvalue weighted by atomic mass is 16.4. The van der Waals surface area contributed by atoms with Crippen molar-refractivity contribution in [1.82, 2.24) is 4.98 Å². The monoisotopic (exact) mass is 217 g/mol. The third kappa shape index (κ3) is 1.02. The number of aromatic carboxylic acids is 1. The predicted octanol–water partition coefficient (Wildman–Crippen LogP) is 2.32. The minimum absolute atomic E-state index is 0.0407. The molecule has 0 amide bonds. The molecule has 3 aromatic rings. The van der Waals surface area contributed by atoms with Gasteiger partial charge in [-0.25, -0.2) is 4.79 Å². The molecule has 0 saturated heterocycles. The molecule has 5 nitrogen and oxygen atoms in total. The highest BCUT2D eigenvalue weighted by Gasteiger charge is 2.15. The van der Waals surface area contributed by atoms with Crippen LogP contribution in [0.25, 0.3) is 22.1 Å². The number of para-hydroxylation sites is 1. The Kier molecular flexibility index (Phi) is 1.54. The summed E-state index contributed by atoms with van der Waals surface area (Å²) in [6.07, 6.45) is 0. The first kappa shape index (κ1) is 8.84. The second-order valence-electron chi connectivity index (χ2n) is 3.48. The van der Waals surface area contributed by atoms with Gasteiger partial charge in [0.05, 0.1) is 5.52 Å². The quantitative estimate of drug-likeness (QED) is 0.583. The number of nitrogens with one attached hydrogen (secondary N) is 1. The third-order valence-electron chi connectivity index (χ3n) is 2.49. The van der Waals surface area contributed by atoms with Crippen LogP contribution in [-0.2, 0) is 0 Å². The van der Waals surface area contributed by atoms with Crippen molar-refractivity contribution >= 4 is 28.0 Å². The van der Waals surface area contributed by atoms with Crippen LogP contribution in [0.1, 0.15) is 10.5 Å². The Morgan fingerprint density at radius 3 is 2.94 bits per heavy atom. The maximum atomic E-state index is 10.7. The molecule has 1 aromatic carbocycles. The summed E-state index contributed by atoms with van der Waals surface area (Å²) in [7, 11) is 0. The van der Waals surface area contributed by atoms with Gasteiger partial charge in [-0.2, -0.15) is 0 Å². The van der Waals surface area contributed by atoms with Crippen molar-refractivity contribution < 1.29 is 19.4 Å². The third-order valence-corrected chi connectivity index (χ3v) is 2.49. The van der Waals surface area contributed by atoms with E-state index in [4.69, 9.17) is 9.52 Å². The van der Waals surface area contributed by atoms with Crippen molar-refractivity contribution in [3.05, 3.63) is 30.0 Å². The molecule has 0 spiro atoms. The molecule has 3 N–H and O–H groups in total. The topological polar surface area (TPSA) is 86.5 Å². The number of aromatic hydroxyl groups is 1. The largest absolute Gasteiger partial charge is 0.504 e. The summed E-state index contributed by atoms with van der Waals surface area (Å²) in [5.74, 6) is -1.00. The van der Waals surface area contributed by atoms with Crippen LogP contribution < -0.4 is 0 Å². The van der Waals surface area contributed by atoms with Gasteiger partial charge in [-0.1, -0.05) is 6.07 Å². The summed E-state index contributed by atoms with van der Waals surface area (Å²) < 4.78 is 5.37. The van der Waals surface area contributed by atoms with Gasteiger partial charge in [-0.3, -0.25) is 0 Å². The molecule has 0 saturated carbocycles. The lowest BCUT2D eigenvalue weighted by Gasteiger charge is -1.92. The average Bonchev–Trinajstić information content (AvgIpc) is 2.76. The first-order valence-corrected chi connectivity index (χ1v) is 4.63. The Morgan fingerprint density at radius 1 is 1.38 bits per heavy atom. The number of aromatic nitrogens is 1. The van der Waals surface area contributed by atoms with Crippen LogP contribution in [0.2, 0.25) is 0 Å². The number of benzene rings is 1. The summed E-state index contributed by atoms with van der Waals surface area (Å²) in [4.78, 5) is 13.5. The van der Waals surface area contributed by atoms with Crippen molar-refractivity contribution in [2.45, 2.75) is 0 Å². The minimum atomic E-state index is -1.04. The predicted molar refractivity (Wildman–Crippen MR) is 56.7 cm³/mol. The van der Waals surface area contributed by atoms with Crippen LogP contribution in [0.5, 0.6) is 5.75 Å². The smallest absolute Gasteiger partial charge is 0.352 e. The average molecular weight is 217 g/mol. The van der Waals surface area contributed by atoms with Gasteiger partial charge < -0.3 is 19.6 Å². The molecule has 0 unspecified atom stereocenters. The molecule has 2 aromatic heterocycles. The molecule has 0 aliphatic heterocycles. The van der Waals surface area contributed by atoms with E-state index in [1.54, 1.807) is 12.1 Å². The Morgan fingerprint density at radius 2 is 2.19 bits per heavy atom. The van der Waals surface area contributed by atoms with Gasteiger partial charge >= 0.3 is 5.97 Å². The maximum absolute atomic E-state index is 10.7. The van der Waals surface area contributed by atoms with Crippen molar-refractivity contribution in [2.75, 3.05) is 0 Å². The summed E-state index contributed by atoms with van der Waals surface area (Å²) in [6, 6.07) is 6.34. The number of rotatable bonds is 1. The molecule has 2 heterocycles. The number of carbonyl (C=O) groups is 1. The zero-order chi connectivity index (χ0) is 11.3. The Labute approximate surface area is 88.9 Å². The Bertz CT molecular complexity index is 707. The molecule has 0 bridgehead atoms. The second kappa shape index (κ2) is 2.79. The van der Waals surface area contributed by atoms with E-state index in [1.165, 1.54) is 12.1 Å². The number of carboxylic acids is 1. The second-order valence-corrected chi connectivity index (χ2v) is 3.48. The lowest BCUT2D eigenvalue weighted by atomic mass is 10.2. The highest BCUT2D eigenvalue weighted by Crippen LogP contribution is 2.33. The van der Waals surface area contributed by atoms with Crippen molar-refractivity contribution in [3.63, 3.8) is 0 Å². The van der Waals surface area contributed by atoms with Gasteiger partial charge in [0.2, 0.25) is 0 Å². The molecular formula is C11H7NO4. The number of hydrogen-bond donors (Lipinski definition) is 3. The zero-order valence-corrected chi connectivity index (χ0v) is 8.02. The molecule has 0 aliphatic rings. The van der Waals surface area contributed by atoms with E-state index in [1.807, 2.05) is 0 Å².